The monoisotopic (exact) mass is 312 g/mol. The van der Waals surface area contributed by atoms with E-state index in [-0.39, 0.29) is 5.75 Å². The first-order valence-corrected chi connectivity index (χ1v) is 8.57. The topological polar surface area (TPSA) is 71.2 Å². The zero-order valence-electron chi connectivity index (χ0n) is 12.9. The maximum Gasteiger partial charge on any atom is 0.313 e. The zero-order valence-corrected chi connectivity index (χ0v) is 13.8. The van der Waals surface area contributed by atoms with E-state index in [1.165, 1.54) is 24.6 Å². The van der Waals surface area contributed by atoms with Crippen LogP contribution in [0, 0.1) is 5.92 Å². The number of carboxylic acids is 1. The first-order chi connectivity index (χ1) is 10.0. The molecule has 6 nitrogen and oxygen atoms in total. The maximum atomic E-state index is 10.8. The van der Waals surface area contributed by atoms with E-state index in [4.69, 9.17) is 5.11 Å². The number of hydrogen-bond acceptors (Lipinski definition) is 5. The van der Waals surface area contributed by atoms with Gasteiger partial charge in [0.15, 0.2) is 5.16 Å². The van der Waals surface area contributed by atoms with E-state index in [2.05, 4.69) is 40.4 Å². The van der Waals surface area contributed by atoms with Crippen molar-refractivity contribution in [1.29, 1.82) is 0 Å². The number of nitrogens with zero attached hydrogens (tertiary/aromatic N) is 4. The molecule has 21 heavy (non-hydrogen) atoms. The van der Waals surface area contributed by atoms with Crippen LogP contribution in [0.3, 0.4) is 0 Å². The molecule has 1 saturated heterocycles. The minimum Gasteiger partial charge on any atom is -0.481 e. The molecule has 0 aliphatic carbocycles. The molecule has 1 N–H and O–H groups in total. The molecule has 1 unspecified atom stereocenters. The lowest BCUT2D eigenvalue weighted by Gasteiger charge is -2.28. The van der Waals surface area contributed by atoms with Crippen molar-refractivity contribution in [1.82, 2.24) is 14.8 Å². The molecule has 0 bridgehead atoms. The molecular formula is C14H24N4O2S. The van der Waals surface area contributed by atoms with Crippen molar-refractivity contribution >= 4 is 23.7 Å². The summed E-state index contributed by atoms with van der Waals surface area (Å²) in [6.45, 7) is 8.42. The number of aliphatic carboxylic acids is 1. The Bertz CT molecular complexity index is 489. The third-order valence-electron chi connectivity index (χ3n) is 3.79. The number of thioether (sulfide) groups is 1. The predicted molar refractivity (Wildman–Crippen MR) is 83.9 cm³/mol. The molecule has 7 heteroatoms. The summed E-state index contributed by atoms with van der Waals surface area (Å²) < 4.78 is 2.08. The highest BCUT2D eigenvalue weighted by Gasteiger charge is 2.31. The Morgan fingerprint density at radius 3 is 2.86 bits per heavy atom. The standard InChI is InChI=1S/C14H24N4O2S/c1-4-7-18-13(15-16-14(18)21-9-12(19)20)17-8-5-6-11(17)10(2)3/h10-11H,4-9H2,1-3H3,(H,19,20). The van der Waals surface area contributed by atoms with Gasteiger partial charge in [0.1, 0.15) is 0 Å². The summed E-state index contributed by atoms with van der Waals surface area (Å²) >= 11 is 1.25. The molecule has 1 fully saturated rings. The number of carbonyl (C=O) groups is 1. The van der Waals surface area contributed by atoms with Crippen LogP contribution in [0.4, 0.5) is 5.95 Å². The predicted octanol–water partition coefficient (Wildman–Crippen LogP) is 2.49. The van der Waals surface area contributed by atoms with E-state index in [1.807, 2.05) is 0 Å². The van der Waals surface area contributed by atoms with Crippen LogP contribution in [-0.2, 0) is 11.3 Å². The minimum atomic E-state index is -0.825. The molecule has 1 aliphatic rings. The van der Waals surface area contributed by atoms with E-state index in [0.717, 1.165) is 25.5 Å². The third kappa shape index (κ3) is 3.70. The van der Waals surface area contributed by atoms with E-state index >= 15 is 0 Å². The van der Waals surface area contributed by atoms with Gasteiger partial charge in [-0.15, -0.1) is 10.2 Å². The van der Waals surface area contributed by atoms with Crippen molar-refractivity contribution < 1.29 is 9.90 Å². The van der Waals surface area contributed by atoms with Crippen molar-refractivity contribution in [2.75, 3.05) is 17.2 Å². The van der Waals surface area contributed by atoms with Crippen LogP contribution in [0.5, 0.6) is 0 Å². The molecule has 1 atom stereocenters. The molecule has 1 aromatic heterocycles. The Morgan fingerprint density at radius 1 is 1.48 bits per heavy atom. The van der Waals surface area contributed by atoms with Gasteiger partial charge in [0.25, 0.3) is 0 Å². The van der Waals surface area contributed by atoms with E-state index in [0.29, 0.717) is 17.1 Å². The summed E-state index contributed by atoms with van der Waals surface area (Å²) in [7, 11) is 0. The molecule has 1 aliphatic heterocycles. The van der Waals surface area contributed by atoms with Crippen LogP contribution in [0.25, 0.3) is 0 Å². The molecule has 2 heterocycles. The average molecular weight is 312 g/mol. The number of aromatic nitrogens is 3. The van der Waals surface area contributed by atoms with Crippen molar-refractivity contribution in [2.24, 2.45) is 5.92 Å². The first kappa shape index (κ1) is 16.1. The highest BCUT2D eigenvalue weighted by molar-refractivity contribution is 7.99. The Hall–Kier alpha value is -1.24. The number of carboxylic acid groups (broad SMARTS) is 1. The molecule has 0 aromatic carbocycles. The van der Waals surface area contributed by atoms with Crippen LogP contribution in [0.2, 0.25) is 0 Å². The maximum absolute atomic E-state index is 10.8. The molecule has 118 valence electrons. The smallest absolute Gasteiger partial charge is 0.313 e. The van der Waals surface area contributed by atoms with Gasteiger partial charge in [-0.3, -0.25) is 9.36 Å². The van der Waals surface area contributed by atoms with Gasteiger partial charge in [0, 0.05) is 19.1 Å². The lowest BCUT2D eigenvalue weighted by Crippen LogP contribution is -2.35. The highest BCUT2D eigenvalue weighted by Crippen LogP contribution is 2.31. The number of hydrogen-bond donors (Lipinski definition) is 1. The fourth-order valence-electron chi connectivity index (χ4n) is 2.88. The number of rotatable bonds is 7. The number of anilines is 1. The van der Waals surface area contributed by atoms with Crippen molar-refractivity contribution in [2.45, 2.75) is 57.8 Å². The van der Waals surface area contributed by atoms with E-state index in [1.54, 1.807) is 0 Å². The lowest BCUT2D eigenvalue weighted by molar-refractivity contribution is -0.133. The van der Waals surface area contributed by atoms with Crippen molar-refractivity contribution in [3.63, 3.8) is 0 Å². The van der Waals surface area contributed by atoms with Crippen LogP contribution < -0.4 is 4.90 Å². The van der Waals surface area contributed by atoms with Gasteiger partial charge in [0.05, 0.1) is 5.75 Å². The van der Waals surface area contributed by atoms with Gasteiger partial charge in [-0.05, 0) is 25.2 Å². The van der Waals surface area contributed by atoms with Gasteiger partial charge in [-0.2, -0.15) is 0 Å². The van der Waals surface area contributed by atoms with E-state index in [9.17, 15) is 4.79 Å². The van der Waals surface area contributed by atoms with Gasteiger partial charge in [-0.1, -0.05) is 32.5 Å². The molecule has 2 rings (SSSR count). The summed E-state index contributed by atoms with van der Waals surface area (Å²) in [4.78, 5) is 13.1. The molecule has 0 spiro atoms. The van der Waals surface area contributed by atoms with Crippen LogP contribution in [0.15, 0.2) is 5.16 Å². The first-order valence-electron chi connectivity index (χ1n) is 7.59. The molecule has 1 aromatic rings. The van der Waals surface area contributed by atoms with E-state index < -0.39 is 5.97 Å². The third-order valence-corrected chi connectivity index (χ3v) is 4.75. The fourth-order valence-corrected chi connectivity index (χ4v) is 3.56. The summed E-state index contributed by atoms with van der Waals surface area (Å²) in [5.41, 5.74) is 0. The second-order valence-corrected chi connectivity index (χ2v) is 6.71. The minimum absolute atomic E-state index is 0.0233. The zero-order chi connectivity index (χ0) is 15.4. The summed E-state index contributed by atoms with van der Waals surface area (Å²) in [5, 5.41) is 18.1. The average Bonchev–Trinajstić information content (AvgIpc) is 3.03. The van der Waals surface area contributed by atoms with Crippen molar-refractivity contribution in [3.8, 4) is 0 Å². The second kappa shape index (κ2) is 7.15. The Balaban J connectivity index is 2.24. The summed E-state index contributed by atoms with van der Waals surface area (Å²) in [6.07, 6.45) is 3.35. The fraction of sp³-hybridized carbons (Fsp3) is 0.786. The molecule has 0 amide bonds. The quantitative estimate of drug-likeness (QED) is 0.780. The molecular weight excluding hydrogens is 288 g/mol. The summed E-state index contributed by atoms with van der Waals surface area (Å²) in [5.74, 6) is 0.680. The van der Waals surface area contributed by atoms with Crippen LogP contribution in [0.1, 0.15) is 40.0 Å². The van der Waals surface area contributed by atoms with Crippen molar-refractivity contribution in [3.05, 3.63) is 0 Å². The molecule has 0 radical (unpaired) electrons. The van der Waals surface area contributed by atoms with Gasteiger partial charge >= 0.3 is 5.97 Å². The molecule has 0 saturated carbocycles. The second-order valence-electron chi connectivity index (χ2n) is 5.76. The highest BCUT2D eigenvalue weighted by atomic mass is 32.2. The van der Waals surface area contributed by atoms with Crippen LogP contribution >= 0.6 is 11.8 Å². The largest absolute Gasteiger partial charge is 0.481 e. The van der Waals surface area contributed by atoms with Crippen LogP contribution in [-0.4, -0.2) is 44.2 Å². The van der Waals surface area contributed by atoms with Gasteiger partial charge in [0.2, 0.25) is 5.95 Å². The Morgan fingerprint density at radius 2 is 2.24 bits per heavy atom. The summed E-state index contributed by atoms with van der Waals surface area (Å²) in [6, 6.07) is 0.502. The van der Waals surface area contributed by atoms with Gasteiger partial charge in [-0.25, -0.2) is 0 Å². The Kier molecular flexibility index (Phi) is 5.50. The normalized spacial score (nSPS) is 18.7. The lowest BCUT2D eigenvalue weighted by atomic mass is 10.0. The Labute approximate surface area is 129 Å². The van der Waals surface area contributed by atoms with Gasteiger partial charge < -0.3 is 10.0 Å². The SMILES string of the molecule is CCCn1c(SCC(=O)O)nnc1N1CCCC1C(C)C.